The number of carbonyl (C=O) groups is 1. The van der Waals surface area contributed by atoms with E-state index in [4.69, 9.17) is 0 Å². The highest BCUT2D eigenvalue weighted by atomic mass is 32.2. The van der Waals surface area contributed by atoms with E-state index in [2.05, 4.69) is 10.3 Å². The predicted molar refractivity (Wildman–Crippen MR) is 129 cm³/mol. The molecule has 0 aliphatic carbocycles. The summed E-state index contributed by atoms with van der Waals surface area (Å²) >= 11 is 1.12. The number of sulfonamides is 1. The summed E-state index contributed by atoms with van der Waals surface area (Å²) in [5.74, 6) is -0.0913. The average molecular weight is 491 g/mol. The molecule has 0 unspecified atom stereocenters. The first-order chi connectivity index (χ1) is 15.5. The Morgan fingerprint density at radius 3 is 2.24 bits per heavy atom. The SMILES string of the molecule is CC(C)CN(CC(C)C)S(=O)(=O)c1ccc(C(=O)Nc2nc3ccc([N+](=O)[O-])cc3s2)cc1. The quantitative estimate of drug-likeness (QED) is 0.341. The molecule has 33 heavy (non-hydrogen) atoms. The van der Waals surface area contributed by atoms with Crippen molar-refractivity contribution >= 4 is 48.3 Å². The molecule has 0 radical (unpaired) electrons. The zero-order valence-electron chi connectivity index (χ0n) is 18.8. The minimum Gasteiger partial charge on any atom is -0.298 e. The number of nitrogens with zero attached hydrogens (tertiary/aromatic N) is 3. The highest BCUT2D eigenvalue weighted by Gasteiger charge is 2.26. The molecule has 0 aliphatic heterocycles. The molecule has 1 N–H and O–H groups in total. The number of nitrogens with one attached hydrogen (secondary N) is 1. The van der Waals surface area contributed by atoms with E-state index in [0.717, 1.165) is 11.3 Å². The first kappa shape index (κ1) is 24.7. The smallest absolute Gasteiger partial charge is 0.270 e. The first-order valence-electron chi connectivity index (χ1n) is 10.4. The molecule has 0 bridgehead atoms. The molecule has 9 nitrogen and oxygen atoms in total. The van der Waals surface area contributed by atoms with Gasteiger partial charge in [0.1, 0.15) is 0 Å². The van der Waals surface area contributed by atoms with Crippen LogP contribution in [0.15, 0.2) is 47.4 Å². The zero-order chi connectivity index (χ0) is 24.3. The van der Waals surface area contributed by atoms with E-state index in [1.54, 1.807) is 0 Å². The van der Waals surface area contributed by atoms with Gasteiger partial charge in [0.2, 0.25) is 10.0 Å². The molecular formula is C22H26N4O5S2. The summed E-state index contributed by atoms with van der Waals surface area (Å²) in [6, 6.07) is 10.1. The fourth-order valence-electron chi connectivity index (χ4n) is 3.26. The molecule has 0 saturated heterocycles. The third-order valence-corrected chi connectivity index (χ3v) is 7.47. The van der Waals surface area contributed by atoms with Crippen LogP contribution in [0.3, 0.4) is 0 Å². The molecule has 176 valence electrons. The van der Waals surface area contributed by atoms with E-state index in [9.17, 15) is 23.3 Å². The third-order valence-electron chi connectivity index (χ3n) is 4.70. The van der Waals surface area contributed by atoms with Crippen molar-refractivity contribution in [1.29, 1.82) is 0 Å². The lowest BCUT2D eigenvalue weighted by molar-refractivity contribution is -0.384. The number of hydrogen-bond acceptors (Lipinski definition) is 7. The maximum atomic E-state index is 13.1. The van der Waals surface area contributed by atoms with E-state index in [1.807, 2.05) is 27.7 Å². The van der Waals surface area contributed by atoms with Crippen LogP contribution in [0.4, 0.5) is 10.8 Å². The Morgan fingerprint density at radius 1 is 1.09 bits per heavy atom. The van der Waals surface area contributed by atoms with Crippen molar-refractivity contribution in [3.8, 4) is 0 Å². The number of aromatic nitrogens is 1. The van der Waals surface area contributed by atoms with Crippen molar-refractivity contribution < 1.29 is 18.1 Å². The highest BCUT2D eigenvalue weighted by Crippen LogP contribution is 2.29. The Labute approximate surface area is 196 Å². The summed E-state index contributed by atoms with van der Waals surface area (Å²) < 4.78 is 28.3. The Morgan fingerprint density at radius 2 is 1.70 bits per heavy atom. The van der Waals surface area contributed by atoms with Crippen molar-refractivity contribution in [3.63, 3.8) is 0 Å². The van der Waals surface area contributed by atoms with Gasteiger partial charge in [0, 0.05) is 30.8 Å². The largest absolute Gasteiger partial charge is 0.298 e. The third kappa shape index (κ3) is 5.92. The number of hydrogen-bond donors (Lipinski definition) is 1. The van der Waals surface area contributed by atoms with E-state index < -0.39 is 20.9 Å². The van der Waals surface area contributed by atoms with Crippen LogP contribution < -0.4 is 5.32 Å². The van der Waals surface area contributed by atoms with Crippen molar-refractivity contribution in [2.45, 2.75) is 32.6 Å². The van der Waals surface area contributed by atoms with E-state index in [1.165, 1.54) is 46.8 Å². The van der Waals surface area contributed by atoms with Gasteiger partial charge in [-0.2, -0.15) is 4.31 Å². The number of fused-ring (bicyclic) bond motifs is 1. The second-order valence-corrected chi connectivity index (χ2v) is 11.5. The number of nitro benzene ring substituents is 1. The molecule has 3 aromatic rings. The van der Waals surface area contributed by atoms with E-state index in [0.29, 0.717) is 28.4 Å². The molecule has 1 heterocycles. The summed E-state index contributed by atoms with van der Waals surface area (Å²) in [5, 5.41) is 13.9. The van der Waals surface area contributed by atoms with Crippen molar-refractivity contribution in [3.05, 3.63) is 58.1 Å². The number of nitro groups is 1. The van der Waals surface area contributed by atoms with Crippen molar-refractivity contribution in [2.24, 2.45) is 11.8 Å². The van der Waals surface area contributed by atoms with Crippen molar-refractivity contribution in [2.75, 3.05) is 18.4 Å². The van der Waals surface area contributed by atoms with Crippen LogP contribution in [-0.4, -0.2) is 41.6 Å². The summed E-state index contributed by atoms with van der Waals surface area (Å²) in [6.45, 7) is 8.71. The number of carbonyl (C=O) groups excluding carboxylic acids is 1. The lowest BCUT2D eigenvalue weighted by atomic mass is 10.2. The topological polar surface area (TPSA) is 123 Å². The first-order valence-corrected chi connectivity index (χ1v) is 12.7. The van der Waals surface area contributed by atoms with Gasteiger partial charge in [-0.15, -0.1) is 0 Å². The van der Waals surface area contributed by atoms with Gasteiger partial charge in [0.05, 0.1) is 20.0 Å². The number of thiazole rings is 1. The Hall–Kier alpha value is -2.89. The van der Waals surface area contributed by atoms with Crippen molar-refractivity contribution in [1.82, 2.24) is 9.29 Å². The van der Waals surface area contributed by atoms with Crippen LogP contribution >= 0.6 is 11.3 Å². The van der Waals surface area contributed by atoms with E-state index in [-0.39, 0.29) is 28.0 Å². The Kier molecular flexibility index (Phi) is 7.45. The summed E-state index contributed by atoms with van der Waals surface area (Å²) in [7, 11) is -3.68. The normalized spacial score (nSPS) is 12.1. The standard InChI is InChI=1S/C22H26N4O5S2/c1-14(2)12-25(13-15(3)4)33(30,31)18-8-5-16(6-9-18)21(27)24-22-23-19-10-7-17(26(28)29)11-20(19)32-22/h5-11,14-15H,12-13H2,1-4H3,(H,23,24,27). The molecule has 0 saturated carbocycles. The summed E-state index contributed by atoms with van der Waals surface area (Å²) in [6.07, 6.45) is 0. The minimum absolute atomic E-state index is 0.0511. The molecule has 0 atom stereocenters. The molecule has 0 fully saturated rings. The summed E-state index contributed by atoms with van der Waals surface area (Å²) in [5.41, 5.74) is 0.765. The van der Waals surface area contributed by atoms with Crippen LogP contribution in [0.25, 0.3) is 10.2 Å². The maximum Gasteiger partial charge on any atom is 0.270 e. The molecule has 1 amide bonds. The fraction of sp³-hybridized carbons (Fsp3) is 0.364. The summed E-state index contributed by atoms with van der Waals surface area (Å²) in [4.78, 5) is 27.5. The zero-order valence-corrected chi connectivity index (χ0v) is 20.4. The number of rotatable bonds is 9. The molecule has 2 aromatic carbocycles. The Bertz CT molecular complexity index is 1260. The number of anilines is 1. The van der Waals surface area contributed by atoms with Crippen LogP contribution in [-0.2, 0) is 10.0 Å². The van der Waals surface area contributed by atoms with Gasteiger partial charge in [-0.1, -0.05) is 39.0 Å². The minimum atomic E-state index is -3.68. The second-order valence-electron chi connectivity index (χ2n) is 8.52. The van der Waals surface area contributed by atoms with Gasteiger partial charge in [0.25, 0.3) is 11.6 Å². The van der Waals surface area contributed by atoms with Gasteiger partial charge >= 0.3 is 0 Å². The lowest BCUT2D eigenvalue weighted by Crippen LogP contribution is -2.37. The molecule has 11 heteroatoms. The van der Waals surface area contributed by atoms with Gasteiger partial charge in [0.15, 0.2) is 5.13 Å². The second kappa shape index (κ2) is 9.94. The van der Waals surface area contributed by atoms with Crippen LogP contribution in [0.1, 0.15) is 38.1 Å². The molecule has 0 aliphatic rings. The van der Waals surface area contributed by atoms with Gasteiger partial charge in [-0.25, -0.2) is 13.4 Å². The average Bonchev–Trinajstić information content (AvgIpc) is 3.14. The molecular weight excluding hydrogens is 464 g/mol. The highest BCUT2D eigenvalue weighted by molar-refractivity contribution is 7.89. The van der Waals surface area contributed by atoms with Gasteiger partial charge in [-0.3, -0.25) is 20.2 Å². The van der Waals surface area contributed by atoms with E-state index >= 15 is 0 Å². The maximum absolute atomic E-state index is 13.1. The van der Waals surface area contributed by atoms with Crippen LogP contribution in [0.2, 0.25) is 0 Å². The molecule has 0 spiro atoms. The van der Waals surface area contributed by atoms with Crippen LogP contribution in [0, 0.1) is 22.0 Å². The van der Waals surface area contributed by atoms with Crippen LogP contribution in [0.5, 0.6) is 0 Å². The molecule has 3 rings (SSSR count). The number of amides is 1. The Balaban J connectivity index is 1.78. The monoisotopic (exact) mass is 490 g/mol. The predicted octanol–water partition coefficient (Wildman–Crippen LogP) is 4.76. The number of benzene rings is 2. The number of non-ortho nitro benzene ring substituents is 1. The van der Waals surface area contributed by atoms with Gasteiger partial charge < -0.3 is 0 Å². The van der Waals surface area contributed by atoms with Gasteiger partial charge in [-0.05, 0) is 42.2 Å². The molecule has 1 aromatic heterocycles. The fourth-order valence-corrected chi connectivity index (χ4v) is 5.92. The lowest BCUT2D eigenvalue weighted by Gasteiger charge is -2.25.